The molecule has 1 aromatic rings. The lowest BCUT2D eigenvalue weighted by Gasteiger charge is -2.07. The minimum atomic E-state index is -0.204. The van der Waals surface area contributed by atoms with Crippen molar-refractivity contribution in [3.63, 3.8) is 0 Å². The highest BCUT2D eigenvalue weighted by Gasteiger charge is 1.98. The maximum Gasteiger partial charge on any atom is 0.274 e. The fourth-order valence-corrected chi connectivity index (χ4v) is 0.878. The van der Waals surface area contributed by atoms with Crippen molar-refractivity contribution in [3.05, 3.63) is 22.1 Å². The van der Waals surface area contributed by atoms with Crippen LogP contribution in [-0.2, 0) is 7.05 Å². The second-order valence-corrected chi connectivity index (χ2v) is 2.37. The van der Waals surface area contributed by atoms with Crippen LogP contribution in [-0.4, -0.2) is 16.6 Å². The minimum absolute atomic E-state index is 0.204. The Morgan fingerprint density at radius 3 is 2.82 bits per heavy atom. The van der Waals surface area contributed by atoms with E-state index in [-0.39, 0.29) is 5.56 Å². The lowest BCUT2D eigenvalue weighted by atomic mass is 10.4. The third-order valence-electron chi connectivity index (χ3n) is 1.62. The molecule has 1 rings (SSSR count). The smallest absolute Gasteiger partial charge is 0.274 e. The van der Waals surface area contributed by atoms with E-state index in [2.05, 4.69) is 10.3 Å². The van der Waals surface area contributed by atoms with Gasteiger partial charge in [-0.1, -0.05) is 0 Å². The summed E-state index contributed by atoms with van der Waals surface area (Å²) in [7, 11) is 3.59. The number of hydrogen-bond acceptors (Lipinski definition) is 3. The summed E-state index contributed by atoms with van der Waals surface area (Å²) in [6.07, 6.45) is 0. The van der Waals surface area contributed by atoms with E-state index in [4.69, 9.17) is 0 Å². The Kier molecular flexibility index (Phi) is 1.94. The first-order valence-electron chi connectivity index (χ1n) is 3.37. The van der Waals surface area contributed by atoms with Crippen LogP contribution >= 0.6 is 0 Å². The first-order valence-corrected chi connectivity index (χ1v) is 3.37. The van der Waals surface area contributed by atoms with E-state index in [1.54, 1.807) is 7.05 Å². The summed E-state index contributed by atoms with van der Waals surface area (Å²) in [6.45, 7) is 1.86. The zero-order valence-electron chi connectivity index (χ0n) is 6.88. The lowest BCUT2D eigenvalue weighted by Crippen LogP contribution is -2.16. The van der Waals surface area contributed by atoms with Gasteiger partial charge in [0, 0.05) is 25.9 Å². The van der Waals surface area contributed by atoms with E-state index < -0.39 is 0 Å². The molecule has 0 aliphatic heterocycles. The quantitative estimate of drug-likeness (QED) is 0.623. The maximum absolute atomic E-state index is 10.9. The fourth-order valence-electron chi connectivity index (χ4n) is 0.878. The Morgan fingerprint density at radius 1 is 1.64 bits per heavy atom. The van der Waals surface area contributed by atoms with Gasteiger partial charge in [0.1, 0.15) is 0 Å². The molecule has 0 aliphatic rings. The maximum atomic E-state index is 10.9. The van der Waals surface area contributed by atoms with Crippen LogP contribution in [0.2, 0.25) is 0 Å². The molecule has 60 valence electrons. The highest BCUT2D eigenvalue weighted by atomic mass is 16.1. The molecule has 1 heterocycles. The molecule has 1 N–H and O–H groups in total. The van der Waals surface area contributed by atoms with Crippen LogP contribution in [0.5, 0.6) is 0 Å². The third kappa shape index (κ3) is 1.39. The SMILES string of the molecule is CNc1nc(=O)cc(C)n1C. The average Bonchev–Trinajstić information content (AvgIpc) is 1.96. The zero-order chi connectivity index (χ0) is 8.43. The van der Waals surface area contributed by atoms with Gasteiger partial charge in [0.2, 0.25) is 5.95 Å². The highest BCUT2D eigenvalue weighted by Crippen LogP contribution is 1.99. The largest absolute Gasteiger partial charge is 0.359 e. The fraction of sp³-hybridized carbons (Fsp3) is 0.429. The Morgan fingerprint density at radius 2 is 2.27 bits per heavy atom. The third-order valence-corrected chi connectivity index (χ3v) is 1.62. The van der Waals surface area contributed by atoms with Crippen molar-refractivity contribution in [3.8, 4) is 0 Å². The Hall–Kier alpha value is -1.32. The standard InChI is InChI=1S/C7H11N3O/c1-5-4-6(11)9-7(8-2)10(5)3/h4H,1-3H3,(H,8,9,11). The van der Waals surface area contributed by atoms with E-state index >= 15 is 0 Å². The van der Waals surface area contributed by atoms with Gasteiger partial charge in [-0.05, 0) is 6.92 Å². The van der Waals surface area contributed by atoms with Crippen molar-refractivity contribution in [1.82, 2.24) is 9.55 Å². The van der Waals surface area contributed by atoms with Gasteiger partial charge in [0.15, 0.2) is 0 Å². The molecule has 0 aromatic carbocycles. The van der Waals surface area contributed by atoms with Gasteiger partial charge in [-0.15, -0.1) is 0 Å². The van der Waals surface area contributed by atoms with Gasteiger partial charge >= 0.3 is 0 Å². The van der Waals surface area contributed by atoms with Crippen molar-refractivity contribution in [2.75, 3.05) is 12.4 Å². The molecule has 0 unspecified atom stereocenters. The summed E-state index contributed by atoms with van der Waals surface area (Å²) in [4.78, 5) is 14.6. The van der Waals surface area contributed by atoms with Gasteiger partial charge in [-0.3, -0.25) is 4.79 Å². The van der Waals surface area contributed by atoms with Crippen LogP contribution in [0.1, 0.15) is 5.69 Å². The lowest BCUT2D eigenvalue weighted by molar-refractivity contribution is 0.823. The van der Waals surface area contributed by atoms with E-state index in [9.17, 15) is 4.79 Å². The van der Waals surface area contributed by atoms with Crippen molar-refractivity contribution < 1.29 is 0 Å². The molecular formula is C7H11N3O. The van der Waals surface area contributed by atoms with Crippen LogP contribution in [0.25, 0.3) is 0 Å². The minimum Gasteiger partial charge on any atom is -0.359 e. The molecule has 0 atom stereocenters. The zero-order valence-corrected chi connectivity index (χ0v) is 6.88. The molecule has 0 amide bonds. The summed E-state index contributed by atoms with van der Waals surface area (Å²) in [5.41, 5.74) is 0.694. The number of nitrogens with zero attached hydrogens (tertiary/aromatic N) is 2. The molecule has 4 heteroatoms. The Labute approximate surface area is 64.9 Å². The summed E-state index contributed by atoms with van der Waals surface area (Å²) in [5, 5.41) is 2.83. The van der Waals surface area contributed by atoms with Crippen LogP contribution in [0.3, 0.4) is 0 Å². The summed E-state index contributed by atoms with van der Waals surface area (Å²) < 4.78 is 1.82. The van der Waals surface area contributed by atoms with Crippen LogP contribution < -0.4 is 10.9 Å². The number of aromatic nitrogens is 2. The summed E-state index contributed by atoms with van der Waals surface area (Å²) >= 11 is 0. The van der Waals surface area contributed by atoms with Gasteiger partial charge in [-0.2, -0.15) is 4.98 Å². The first kappa shape index (κ1) is 7.78. The number of hydrogen-bond donors (Lipinski definition) is 1. The average molecular weight is 153 g/mol. The number of anilines is 1. The molecule has 1 aromatic heterocycles. The van der Waals surface area contributed by atoms with E-state index in [0.29, 0.717) is 5.95 Å². The molecule has 0 saturated heterocycles. The van der Waals surface area contributed by atoms with Crippen molar-refractivity contribution in [1.29, 1.82) is 0 Å². The summed E-state index contributed by atoms with van der Waals surface area (Å²) in [5.74, 6) is 0.593. The van der Waals surface area contributed by atoms with Gasteiger partial charge in [0.25, 0.3) is 5.56 Å². The van der Waals surface area contributed by atoms with Crippen molar-refractivity contribution in [2.24, 2.45) is 7.05 Å². The first-order chi connectivity index (χ1) is 5.15. The van der Waals surface area contributed by atoms with E-state index in [1.165, 1.54) is 6.07 Å². The monoisotopic (exact) mass is 153 g/mol. The topological polar surface area (TPSA) is 46.9 Å². The van der Waals surface area contributed by atoms with Gasteiger partial charge in [0.05, 0.1) is 0 Å². The summed E-state index contributed by atoms with van der Waals surface area (Å²) in [6, 6.07) is 1.50. The van der Waals surface area contributed by atoms with Crippen LogP contribution in [0.4, 0.5) is 5.95 Å². The van der Waals surface area contributed by atoms with E-state index in [1.807, 2.05) is 18.5 Å². The molecule has 0 bridgehead atoms. The Balaban J connectivity index is 3.36. The molecule has 0 spiro atoms. The van der Waals surface area contributed by atoms with Crippen molar-refractivity contribution >= 4 is 5.95 Å². The Bertz CT molecular complexity index is 316. The molecule has 11 heavy (non-hydrogen) atoms. The van der Waals surface area contributed by atoms with Gasteiger partial charge in [-0.25, -0.2) is 0 Å². The molecule has 4 nitrogen and oxygen atoms in total. The second kappa shape index (κ2) is 2.74. The van der Waals surface area contributed by atoms with Crippen LogP contribution in [0, 0.1) is 6.92 Å². The highest BCUT2D eigenvalue weighted by molar-refractivity contribution is 5.25. The number of aryl methyl sites for hydroxylation is 1. The van der Waals surface area contributed by atoms with Crippen molar-refractivity contribution in [2.45, 2.75) is 6.92 Å². The van der Waals surface area contributed by atoms with Crippen LogP contribution in [0.15, 0.2) is 10.9 Å². The van der Waals surface area contributed by atoms with E-state index in [0.717, 1.165) is 5.69 Å². The molecule has 0 aliphatic carbocycles. The number of nitrogens with one attached hydrogen (secondary N) is 1. The molecule has 0 radical (unpaired) electrons. The molecular weight excluding hydrogens is 142 g/mol. The molecule has 0 saturated carbocycles. The predicted octanol–water partition coefficient (Wildman–Crippen LogP) is 0.130. The second-order valence-electron chi connectivity index (χ2n) is 2.37. The number of rotatable bonds is 1. The predicted molar refractivity (Wildman–Crippen MR) is 43.8 cm³/mol. The van der Waals surface area contributed by atoms with Gasteiger partial charge < -0.3 is 9.88 Å². The molecule has 0 fully saturated rings. The normalized spacial score (nSPS) is 9.73.